The van der Waals surface area contributed by atoms with E-state index in [4.69, 9.17) is 9.47 Å². The predicted octanol–water partition coefficient (Wildman–Crippen LogP) is -3.39. The first-order valence-electron chi connectivity index (χ1n) is 7.94. The summed E-state index contributed by atoms with van der Waals surface area (Å²) in [4.78, 5) is 24.6. The van der Waals surface area contributed by atoms with Gasteiger partial charge in [0.1, 0.15) is 43.7 Å². The van der Waals surface area contributed by atoms with Crippen molar-refractivity contribution in [2.75, 3.05) is 45.7 Å². The number of hydrogen-bond acceptors (Lipinski definition) is 5. The number of nitrogens with one attached hydrogen (secondary N) is 2. The normalized spacial score (nSPS) is 16.2. The molecule has 1 aliphatic heterocycles. The zero-order valence-electron chi connectivity index (χ0n) is 14.0. The summed E-state index contributed by atoms with van der Waals surface area (Å²) >= 11 is 0. The predicted molar refractivity (Wildman–Crippen MR) is 83.9 cm³/mol. The smallest absolute Gasteiger partial charge is 0.230 e. The van der Waals surface area contributed by atoms with E-state index in [0.717, 1.165) is 18.0 Å². The molecule has 1 aromatic rings. The third kappa shape index (κ3) is 4.59. The zero-order chi connectivity index (χ0) is 17.5. The molecule has 1 aliphatic rings. The van der Waals surface area contributed by atoms with E-state index in [1.54, 1.807) is 18.2 Å². The molecule has 2 rings (SSSR count). The molecule has 1 amide bonds. The van der Waals surface area contributed by atoms with Gasteiger partial charge in [-0.3, -0.25) is 4.79 Å². The Hall–Kier alpha value is -2.32. The first kappa shape index (κ1) is 18.0. The number of aliphatic carboxylic acids is 1. The fourth-order valence-corrected chi connectivity index (χ4v) is 2.88. The summed E-state index contributed by atoms with van der Waals surface area (Å²) in [6, 6.07) is 4.16. The van der Waals surface area contributed by atoms with Crippen molar-refractivity contribution < 1.29 is 34.4 Å². The first-order valence-corrected chi connectivity index (χ1v) is 7.94. The third-order valence-corrected chi connectivity index (χ3v) is 4.19. The van der Waals surface area contributed by atoms with Crippen LogP contribution in [0.4, 0.5) is 5.69 Å². The second-order valence-electron chi connectivity index (χ2n) is 5.71. The highest BCUT2D eigenvalue weighted by atomic mass is 16.5. The number of carboxylic acid groups (broad SMARTS) is 1. The van der Waals surface area contributed by atoms with E-state index in [-0.39, 0.29) is 12.3 Å². The molecular formula is C16H24N3O5+. The monoisotopic (exact) mass is 338 g/mol. The molecule has 1 saturated heterocycles. The number of carbonyl (C=O) groups is 2. The lowest BCUT2D eigenvalue weighted by molar-refractivity contribution is -0.961. The molecule has 8 nitrogen and oxygen atoms in total. The van der Waals surface area contributed by atoms with Gasteiger partial charge in [-0.1, -0.05) is 0 Å². The van der Waals surface area contributed by atoms with Crippen LogP contribution in [0.1, 0.15) is 6.42 Å². The van der Waals surface area contributed by atoms with E-state index in [2.05, 4.69) is 10.6 Å². The molecule has 1 fully saturated rings. The van der Waals surface area contributed by atoms with Crippen LogP contribution in [0.3, 0.4) is 0 Å². The largest absolute Gasteiger partial charge is 0.544 e. The SMILES string of the molecule is COc1ccc(NC(=O)C[C@@H](C(=O)[O-])[NH+]2CC[NH2+]CC2)c(OC)c1. The molecule has 1 heterocycles. The van der Waals surface area contributed by atoms with Crippen LogP contribution in [0.5, 0.6) is 11.5 Å². The van der Waals surface area contributed by atoms with Gasteiger partial charge in [0, 0.05) is 6.07 Å². The molecule has 1 atom stereocenters. The van der Waals surface area contributed by atoms with Gasteiger partial charge >= 0.3 is 0 Å². The summed E-state index contributed by atoms with van der Waals surface area (Å²) in [5, 5.41) is 16.3. The number of carboxylic acids is 1. The molecule has 0 aliphatic carbocycles. The van der Waals surface area contributed by atoms with Gasteiger partial charge in [-0.25, -0.2) is 0 Å². The Morgan fingerprint density at radius 3 is 2.58 bits per heavy atom. The molecule has 132 valence electrons. The maximum Gasteiger partial charge on any atom is 0.230 e. The molecule has 0 aromatic heterocycles. The van der Waals surface area contributed by atoms with Gasteiger partial charge < -0.3 is 34.9 Å². The molecule has 0 unspecified atom stereocenters. The van der Waals surface area contributed by atoms with Crippen LogP contribution in [0.2, 0.25) is 0 Å². The summed E-state index contributed by atoms with van der Waals surface area (Å²) in [6.07, 6.45) is -0.132. The minimum absolute atomic E-state index is 0.132. The van der Waals surface area contributed by atoms with Crippen molar-refractivity contribution in [3.63, 3.8) is 0 Å². The average molecular weight is 338 g/mol. The number of methoxy groups -OCH3 is 2. The first-order chi connectivity index (χ1) is 11.5. The molecule has 4 N–H and O–H groups in total. The molecule has 0 spiro atoms. The van der Waals surface area contributed by atoms with E-state index < -0.39 is 12.0 Å². The number of anilines is 1. The molecule has 0 saturated carbocycles. The van der Waals surface area contributed by atoms with Gasteiger partial charge in [-0.15, -0.1) is 0 Å². The Bertz CT molecular complexity index is 587. The summed E-state index contributed by atoms with van der Waals surface area (Å²) in [5.41, 5.74) is 0.474. The standard InChI is InChI=1S/C16H23N3O5/c1-23-11-3-4-12(14(9-11)24-2)18-15(20)10-13(16(21)22)19-7-5-17-6-8-19/h3-4,9,13,17H,5-8,10H2,1-2H3,(H,18,20)(H,21,22)/p+1/t13-/m0/s1. The lowest BCUT2D eigenvalue weighted by Gasteiger charge is -2.30. The van der Waals surface area contributed by atoms with Crippen molar-refractivity contribution in [1.82, 2.24) is 0 Å². The van der Waals surface area contributed by atoms with E-state index in [0.29, 0.717) is 30.3 Å². The quantitative estimate of drug-likeness (QED) is 0.481. The lowest BCUT2D eigenvalue weighted by Crippen LogP contribution is -3.24. The fraction of sp³-hybridized carbons (Fsp3) is 0.500. The van der Waals surface area contributed by atoms with Gasteiger partial charge in [0.15, 0.2) is 0 Å². The highest BCUT2D eigenvalue weighted by Crippen LogP contribution is 2.29. The Labute approximate surface area is 140 Å². The number of rotatable bonds is 7. The van der Waals surface area contributed by atoms with Crippen molar-refractivity contribution in [2.24, 2.45) is 0 Å². The minimum atomic E-state index is -1.19. The van der Waals surface area contributed by atoms with Gasteiger partial charge in [0.2, 0.25) is 5.91 Å². The summed E-state index contributed by atoms with van der Waals surface area (Å²) in [7, 11) is 3.03. The van der Waals surface area contributed by atoms with E-state index >= 15 is 0 Å². The third-order valence-electron chi connectivity index (χ3n) is 4.19. The van der Waals surface area contributed by atoms with Gasteiger partial charge in [0.05, 0.1) is 32.3 Å². The van der Waals surface area contributed by atoms with Crippen LogP contribution in [0.15, 0.2) is 18.2 Å². The van der Waals surface area contributed by atoms with Gasteiger partial charge in [-0.05, 0) is 12.1 Å². The second kappa shape index (κ2) is 8.51. The molecule has 8 heteroatoms. The van der Waals surface area contributed by atoms with E-state index in [1.165, 1.54) is 14.2 Å². The summed E-state index contributed by atoms with van der Waals surface area (Å²) in [6.45, 7) is 3.12. The van der Waals surface area contributed by atoms with Crippen LogP contribution < -0.4 is 30.1 Å². The number of carbonyl (C=O) groups excluding carboxylic acids is 2. The van der Waals surface area contributed by atoms with Crippen LogP contribution in [-0.2, 0) is 9.59 Å². The van der Waals surface area contributed by atoms with Gasteiger partial charge in [0.25, 0.3) is 0 Å². The van der Waals surface area contributed by atoms with Crippen molar-refractivity contribution in [1.29, 1.82) is 0 Å². The Balaban J connectivity index is 2.04. The number of piperazine rings is 1. The van der Waals surface area contributed by atoms with Crippen molar-refractivity contribution >= 4 is 17.6 Å². The molecule has 1 aromatic carbocycles. The number of nitrogens with two attached hydrogens (primary N) is 1. The van der Waals surface area contributed by atoms with Crippen LogP contribution in [0.25, 0.3) is 0 Å². The second-order valence-corrected chi connectivity index (χ2v) is 5.71. The molecule has 0 radical (unpaired) electrons. The highest BCUT2D eigenvalue weighted by Gasteiger charge is 2.29. The lowest BCUT2D eigenvalue weighted by atomic mass is 10.1. The van der Waals surface area contributed by atoms with Crippen LogP contribution in [0, 0.1) is 0 Å². The molecule has 24 heavy (non-hydrogen) atoms. The Kier molecular flexibility index (Phi) is 6.39. The Morgan fingerprint density at radius 2 is 2.00 bits per heavy atom. The number of ether oxygens (including phenoxy) is 2. The van der Waals surface area contributed by atoms with Gasteiger partial charge in [-0.2, -0.15) is 0 Å². The average Bonchev–Trinajstić information content (AvgIpc) is 2.60. The zero-order valence-corrected chi connectivity index (χ0v) is 14.0. The fourth-order valence-electron chi connectivity index (χ4n) is 2.88. The van der Waals surface area contributed by atoms with Crippen molar-refractivity contribution in [3.8, 4) is 11.5 Å². The van der Waals surface area contributed by atoms with Crippen LogP contribution >= 0.6 is 0 Å². The number of benzene rings is 1. The highest BCUT2D eigenvalue weighted by molar-refractivity contribution is 5.94. The maximum atomic E-state index is 12.3. The summed E-state index contributed by atoms with van der Waals surface area (Å²) in [5.74, 6) is -0.516. The number of quaternary nitrogens is 2. The van der Waals surface area contributed by atoms with Crippen molar-refractivity contribution in [3.05, 3.63) is 18.2 Å². The Morgan fingerprint density at radius 1 is 1.29 bits per heavy atom. The molecular weight excluding hydrogens is 314 g/mol. The van der Waals surface area contributed by atoms with E-state index in [9.17, 15) is 14.7 Å². The van der Waals surface area contributed by atoms with Crippen molar-refractivity contribution in [2.45, 2.75) is 12.5 Å². The summed E-state index contributed by atoms with van der Waals surface area (Å²) < 4.78 is 10.3. The minimum Gasteiger partial charge on any atom is -0.544 e. The topological polar surface area (TPSA) is 109 Å². The van der Waals surface area contributed by atoms with Crippen LogP contribution in [-0.4, -0.2) is 58.3 Å². The number of amides is 1. The molecule has 0 bridgehead atoms. The number of hydrogen-bond donors (Lipinski definition) is 3. The van der Waals surface area contributed by atoms with E-state index in [1.807, 2.05) is 0 Å². The maximum absolute atomic E-state index is 12.3.